The van der Waals surface area contributed by atoms with Crippen molar-refractivity contribution in [3.63, 3.8) is 0 Å². The van der Waals surface area contributed by atoms with E-state index in [1.807, 2.05) is 17.6 Å². The van der Waals surface area contributed by atoms with E-state index >= 15 is 0 Å². The maximum atomic E-state index is 13.9. The van der Waals surface area contributed by atoms with Gasteiger partial charge in [0, 0.05) is 18.9 Å². The first-order chi connectivity index (χ1) is 11.3. The van der Waals surface area contributed by atoms with Crippen LogP contribution in [0, 0.1) is 5.82 Å². The van der Waals surface area contributed by atoms with E-state index < -0.39 is 0 Å². The highest BCUT2D eigenvalue weighted by Gasteiger charge is 2.14. The van der Waals surface area contributed by atoms with Crippen LogP contribution in [0.3, 0.4) is 0 Å². The van der Waals surface area contributed by atoms with E-state index in [2.05, 4.69) is 20.1 Å². The molecule has 0 saturated carbocycles. The van der Waals surface area contributed by atoms with E-state index in [0.717, 1.165) is 17.9 Å². The molecule has 0 aliphatic rings. The van der Waals surface area contributed by atoms with Crippen molar-refractivity contribution < 1.29 is 4.39 Å². The number of thioether (sulfide) groups is 1. The van der Waals surface area contributed by atoms with Gasteiger partial charge in [-0.15, -0.1) is 5.10 Å². The monoisotopic (exact) mass is 328 g/mol. The minimum absolute atomic E-state index is 0.295. The van der Waals surface area contributed by atoms with Crippen LogP contribution >= 0.6 is 11.8 Å². The summed E-state index contributed by atoms with van der Waals surface area (Å²) in [5.41, 5.74) is 1.22. The van der Waals surface area contributed by atoms with Gasteiger partial charge in [-0.2, -0.15) is 4.98 Å². The van der Waals surface area contributed by atoms with Crippen LogP contribution in [0.5, 0.6) is 0 Å². The molecular formula is C15H13FN6S. The molecule has 0 aliphatic carbocycles. The van der Waals surface area contributed by atoms with Crippen LogP contribution in [-0.2, 0) is 12.3 Å². The van der Waals surface area contributed by atoms with E-state index in [1.54, 1.807) is 29.0 Å². The molecule has 0 atom stereocenters. The smallest absolute Gasteiger partial charge is 0.253 e. The second-order valence-corrected chi connectivity index (χ2v) is 5.87. The number of benzene rings is 1. The number of aryl methyl sites for hydroxylation is 1. The molecule has 0 fully saturated rings. The predicted molar refractivity (Wildman–Crippen MR) is 85.7 cm³/mol. The van der Waals surface area contributed by atoms with Crippen molar-refractivity contribution in [2.24, 2.45) is 0 Å². The van der Waals surface area contributed by atoms with Crippen LogP contribution in [0.4, 0.5) is 4.39 Å². The molecule has 3 aromatic heterocycles. The van der Waals surface area contributed by atoms with Gasteiger partial charge < -0.3 is 4.57 Å². The minimum atomic E-state index is -0.295. The van der Waals surface area contributed by atoms with Gasteiger partial charge in [0.1, 0.15) is 11.3 Å². The fourth-order valence-corrected chi connectivity index (χ4v) is 3.30. The zero-order valence-corrected chi connectivity index (χ0v) is 13.2. The number of hydrogen-bond donors (Lipinski definition) is 0. The molecule has 0 radical (unpaired) electrons. The normalized spacial score (nSPS) is 11.6. The molecule has 0 aliphatic heterocycles. The van der Waals surface area contributed by atoms with Crippen LogP contribution in [-0.4, -0.2) is 29.1 Å². The van der Waals surface area contributed by atoms with Crippen LogP contribution in [0.25, 0.3) is 16.8 Å². The molecule has 4 rings (SSSR count). The van der Waals surface area contributed by atoms with Crippen LogP contribution in [0.2, 0.25) is 0 Å². The van der Waals surface area contributed by atoms with Gasteiger partial charge in [-0.05, 0) is 25.1 Å². The second-order valence-electron chi connectivity index (χ2n) is 4.93. The Kier molecular flexibility index (Phi) is 3.45. The fraction of sp³-hybridized carbons (Fsp3) is 0.200. The number of fused-ring (bicyclic) bond motifs is 2. The summed E-state index contributed by atoms with van der Waals surface area (Å²) in [6.07, 6.45) is 3.48. The molecule has 6 nitrogen and oxygen atoms in total. The van der Waals surface area contributed by atoms with E-state index in [-0.39, 0.29) is 5.82 Å². The van der Waals surface area contributed by atoms with Crippen molar-refractivity contribution in [3.8, 4) is 0 Å². The summed E-state index contributed by atoms with van der Waals surface area (Å²) < 4.78 is 17.5. The van der Waals surface area contributed by atoms with E-state index in [4.69, 9.17) is 0 Å². The lowest BCUT2D eigenvalue weighted by Gasteiger charge is -2.04. The van der Waals surface area contributed by atoms with Crippen LogP contribution in [0.1, 0.15) is 12.7 Å². The van der Waals surface area contributed by atoms with Gasteiger partial charge in [-0.3, -0.25) is 0 Å². The Hall–Kier alpha value is -2.48. The topological polar surface area (TPSA) is 60.9 Å². The highest BCUT2D eigenvalue weighted by atomic mass is 32.2. The molecule has 0 amide bonds. The standard InChI is InChI=1S/C15H13FN6S/c1-2-21-11-6-3-5-10(16)13(11)18-12(21)9-23-15-19-14-17-7-4-8-22(14)20-15/h3-8H,2,9H2,1H3. The van der Waals surface area contributed by atoms with Gasteiger partial charge in [0.05, 0.1) is 11.3 Å². The summed E-state index contributed by atoms with van der Waals surface area (Å²) in [7, 11) is 0. The van der Waals surface area contributed by atoms with E-state index in [9.17, 15) is 4.39 Å². The van der Waals surface area contributed by atoms with Crippen molar-refractivity contribution in [1.29, 1.82) is 0 Å². The van der Waals surface area contributed by atoms with Gasteiger partial charge in [0.15, 0.2) is 5.82 Å². The molecule has 23 heavy (non-hydrogen) atoms. The molecular weight excluding hydrogens is 315 g/mol. The number of para-hydroxylation sites is 1. The zero-order valence-electron chi connectivity index (χ0n) is 12.3. The largest absolute Gasteiger partial charge is 0.327 e. The average molecular weight is 328 g/mol. The third-order valence-corrected chi connectivity index (χ3v) is 4.39. The molecule has 0 N–H and O–H groups in total. The SMILES string of the molecule is CCn1c(CSc2nc3ncccn3n2)nc2c(F)cccc21. The van der Waals surface area contributed by atoms with Crippen LogP contribution < -0.4 is 0 Å². The summed E-state index contributed by atoms with van der Waals surface area (Å²) in [5.74, 6) is 1.64. The Balaban J connectivity index is 1.65. The van der Waals surface area contributed by atoms with Gasteiger partial charge in [-0.1, -0.05) is 17.8 Å². The third-order valence-electron chi connectivity index (χ3n) is 3.55. The van der Waals surface area contributed by atoms with Crippen molar-refractivity contribution in [2.75, 3.05) is 0 Å². The first-order valence-corrected chi connectivity index (χ1v) is 8.18. The lowest BCUT2D eigenvalue weighted by Crippen LogP contribution is -2.00. The lowest BCUT2D eigenvalue weighted by molar-refractivity contribution is 0.637. The van der Waals surface area contributed by atoms with Crippen molar-refractivity contribution in [2.45, 2.75) is 24.4 Å². The fourth-order valence-electron chi connectivity index (χ4n) is 2.53. The second kappa shape index (κ2) is 5.62. The summed E-state index contributed by atoms with van der Waals surface area (Å²) in [5, 5.41) is 4.97. The summed E-state index contributed by atoms with van der Waals surface area (Å²) in [6, 6.07) is 6.82. The molecule has 1 aromatic carbocycles. The third kappa shape index (κ3) is 2.44. The number of imidazole rings is 1. The number of halogens is 1. The first-order valence-electron chi connectivity index (χ1n) is 7.20. The lowest BCUT2D eigenvalue weighted by atomic mass is 10.3. The molecule has 0 spiro atoms. The van der Waals surface area contributed by atoms with E-state index in [0.29, 0.717) is 22.2 Å². The van der Waals surface area contributed by atoms with Crippen LogP contribution in [0.15, 0.2) is 41.8 Å². The van der Waals surface area contributed by atoms with Crippen molar-refractivity contribution in [3.05, 3.63) is 48.3 Å². The van der Waals surface area contributed by atoms with Gasteiger partial charge in [0.2, 0.25) is 5.16 Å². The first kappa shape index (κ1) is 14.1. The summed E-state index contributed by atoms with van der Waals surface area (Å²) >= 11 is 1.46. The molecule has 4 aromatic rings. The average Bonchev–Trinajstić information content (AvgIpc) is 3.14. The quantitative estimate of drug-likeness (QED) is 0.539. The zero-order chi connectivity index (χ0) is 15.8. The Bertz CT molecular complexity index is 959. The maximum Gasteiger partial charge on any atom is 0.253 e. The molecule has 0 unspecified atom stereocenters. The Morgan fingerprint density at radius 1 is 1.22 bits per heavy atom. The number of hydrogen-bond acceptors (Lipinski definition) is 5. The molecule has 0 bridgehead atoms. The van der Waals surface area contributed by atoms with Crippen molar-refractivity contribution in [1.82, 2.24) is 29.1 Å². The molecule has 116 valence electrons. The van der Waals surface area contributed by atoms with Gasteiger partial charge in [-0.25, -0.2) is 18.9 Å². The van der Waals surface area contributed by atoms with Gasteiger partial charge >= 0.3 is 0 Å². The summed E-state index contributed by atoms with van der Waals surface area (Å²) in [4.78, 5) is 12.9. The summed E-state index contributed by atoms with van der Waals surface area (Å²) in [6.45, 7) is 2.75. The highest BCUT2D eigenvalue weighted by Crippen LogP contribution is 2.24. The van der Waals surface area contributed by atoms with E-state index in [1.165, 1.54) is 17.8 Å². The number of aromatic nitrogens is 6. The number of nitrogens with zero attached hydrogens (tertiary/aromatic N) is 6. The number of rotatable bonds is 4. The Labute approximate surface area is 135 Å². The maximum absolute atomic E-state index is 13.9. The molecule has 3 heterocycles. The Morgan fingerprint density at radius 2 is 2.13 bits per heavy atom. The molecule has 8 heteroatoms. The Morgan fingerprint density at radius 3 is 2.96 bits per heavy atom. The predicted octanol–water partition coefficient (Wildman–Crippen LogP) is 2.93. The highest BCUT2D eigenvalue weighted by molar-refractivity contribution is 7.98. The van der Waals surface area contributed by atoms with Gasteiger partial charge in [0.25, 0.3) is 5.78 Å². The molecule has 0 saturated heterocycles. The minimum Gasteiger partial charge on any atom is -0.327 e. The van der Waals surface area contributed by atoms with Crippen molar-refractivity contribution >= 4 is 28.6 Å².